The Bertz CT molecular complexity index is 1230. The molecule has 0 atom stereocenters. The van der Waals surface area contributed by atoms with Gasteiger partial charge >= 0.3 is 5.97 Å². The van der Waals surface area contributed by atoms with Crippen molar-refractivity contribution in [2.45, 2.75) is 6.92 Å². The number of imide groups is 1. The van der Waals surface area contributed by atoms with Crippen molar-refractivity contribution in [3.63, 3.8) is 0 Å². The summed E-state index contributed by atoms with van der Waals surface area (Å²) in [5.74, 6) is -0.621. The van der Waals surface area contributed by atoms with E-state index >= 15 is 0 Å². The Labute approximate surface area is 225 Å². The number of esters is 1. The molecule has 2 aliphatic heterocycles. The SMILES string of the molecule is CCOC(=O)COc1cc(/C=C2\SC(=O)N(CC(=O)N3CCN(c4ccccc4)CC3)C2=O)ccc1OC. The van der Waals surface area contributed by atoms with Gasteiger partial charge in [0.1, 0.15) is 6.54 Å². The molecule has 0 bridgehead atoms. The summed E-state index contributed by atoms with van der Waals surface area (Å²) in [4.78, 5) is 55.2. The lowest BCUT2D eigenvalue weighted by Gasteiger charge is -2.36. The first kappa shape index (κ1) is 27.1. The minimum atomic E-state index is -0.527. The minimum Gasteiger partial charge on any atom is -0.493 e. The predicted molar refractivity (Wildman–Crippen MR) is 143 cm³/mol. The fraction of sp³-hybridized carbons (Fsp3) is 0.333. The van der Waals surface area contributed by atoms with Crippen LogP contribution in [0.4, 0.5) is 10.5 Å². The van der Waals surface area contributed by atoms with Gasteiger partial charge in [0.05, 0.1) is 18.6 Å². The lowest BCUT2D eigenvalue weighted by atomic mass is 10.2. The van der Waals surface area contributed by atoms with Crippen molar-refractivity contribution >= 4 is 46.5 Å². The van der Waals surface area contributed by atoms with Crippen molar-refractivity contribution in [3.8, 4) is 11.5 Å². The number of ether oxygens (including phenoxy) is 3. The molecule has 2 aliphatic rings. The van der Waals surface area contributed by atoms with Crippen LogP contribution >= 0.6 is 11.8 Å². The van der Waals surface area contributed by atoms with Gasteiger partial charge in [0, 0.05) is 31.9 Å². The van der Waals surface area contributed by atoms with Crippen LogP contribution in [0.2, 0.25) is 0 Å². The van der Waals surface area contributed by atoms with Gasteiger partial charge in [0.25, 0.3) is 11.1 Å². The summed E-state index contributed by atoms with van der Waals surface area (Å²) in [5.41, 5.74) is 1.67. The van der Waals surface area contributed by atoms with E-state index in [4.69, 9.17) is 14.2 Å². The highest BCUT2D eigenvalue weighted by Gasteiger charge is 2.37. The topological polar surface area (TPSA) is 106 Å². The molecule has 0 saturated carbocycles. The van der Waals surface area contributed by atoms with Crippen LogP contribution in [0.15, 0.2) is 53.4 Å². The average molecular weight is 540 g/mol. The van der Waals surface area contributed by atoms with Gasteiger partial charge in [-0.05, 0) is 54.6 Å². The molecule has 10 nitrogen and oxygen atoms in total. The quantitative estimate of drug-likeness (QED) is 0.351. The predicted octanol–water partition coefficient (Wildman–Crippen LogP) is 3.02. The van der Waals surface area contributed by atoms with Crippen molar-refractivity contribution in [2.75, 3.05) is 57.9 Å². The van der Waals surface area contributed by atoms with Crippen molar-refractivity contribution in [1.29, 1.82) is 0 Å². The van der Waals surface area contributed by atoms with E-state index in [1.807, 2.05) is 30.3 Å². The Morgan fingerprint density at radius 2 is 1.74 bits per heavy atom. The average Bonchev–Trinajstić information content (AvgIpc) is 3.20. The molecule has 38 heavy (non-hydrogen) atoms. The summed E-state index contributed by atoms with van der Waals surface area (Å²) < 4.78 is 15.7. The Balaban J connectivity index is 1.38. The lowest BCUT2D eigenvalue weighted by Crippen LogP contribution is -2.51. The van der Waals surface area contributed by atoms with Gasteiger partial charge in [-0.2, -0.15) is 0 Å². The van der Waals surface area contributed by atoms with Crippen molar-refractivity contribution in [2.24, 2.45) is 0 Å². The van der Waals surface area contributed by atoms with Gasteiger partial charge in [0.2, 0.25) is 5.91 Å². The van der Waals surface area contributed by atoms with Crippen molar-refractivity contribution in [3.05, 3.63) is 59.0 Å². The molecule has 0 spiro atoms. The fourth-order valence-electron chi connectivity index (χ4n) is 4.11. The zero-order valence-corrected chi connectivity index (χ0v) is 22.1. The molecular weight excluding hydrogens is 510 g/mol. The van der Waals surface area contributed by atoms with Crippen LogP contribution in [0.25, 0.3) is 6.08 Å². The standard InChI is InChI=1S/C27H29N3O7S/c1-3-36-25(32)18-37-22-15-19(9-10-21(22)35-2)16-23-26(33)30(27(34)38-23)17-24(31)29-13-11-28(12-14-29)20-7-5-4-6-8-20/h4-10,15-16H,3,11-14,17-18H2,1-2H3/b23-16-. The van der Waals surface area contributed by atoms with Crippen LogP contribution in [0.1, 0.15) is 12.5 Å². The van der Waals surface area contributed by atoms with E-state index in [-0.39, 0.29) is 30.6 Å². The zero-order chi connectivity index (χ0) is 27.1. The van der Waals surface area contributed by atoms with Gasteiger partial charge < -0.3 is 24.0 Å². The van der Waals surface area contributed by atoms with E-state index in [1.165, 1.54) is 7.11 Å². The number of anilines is 1. The first-order chi connectivity index (χ1) is 18.4. The molecule has 2 fully saturated rings. The number of hydrogen-bond donors (Lipinski definition) is 0. The normalized spacial score (nSPS) is 16.7. The van der Waals surface area contributed by atoms with Crippen LogP contribution in [-0.4, -0.2) is 85.9 Å². The number of methoxy groups -OCH3 is 1. The Hall–Kier alpha value is -3.99. The molecule has 0 aromatic heterocycles. The fourth-order valence-corrected chi connectivity index (χ4v) is 4.95. The zero-order valence-electron chi connectivity index (χ0n) is 21.3. The van der Waals surface area contributed by atoms with Crippen LogP contribution in [0.3, 0.4) is 0 Å². The maximum Gasteiger partial charge on any atom is 0.344 e. The highest BCUT2D eigenvalue weighted by atomic mass is 32.2. The molecular formula is C27H29N3O7S. The second-order valence-electron chi connectivity index (χ2n) is 8.48. The molecule has 2 saturated heterocycles. The number of rotatable bonds is 9. The molecule has 200 valence electrons. The van der Waals surface area contributed by atoms with Gasteiger partial charge in [-0.25, -0.2) is 4.79 Å². The number of amides is 3. The van der Waals surface area contributed by atoms with E-state index in [0.717, 1.165) is 22.3 Å². The molecule has 2 heterocycles. The minimum absolute atomic E-state index is 0.193. The van der Waals surface area contributed by atoms with E-state index in [1.54, 1.807) is 36.1 Å². The smallest absolute Gasteiger partial charge is 0.344 e. The van der Waals surface area contributed by atoms with Crippen molar-refractivity contribution in [1.82, 2.24) is 9.80 Å². The first-order valence-electron chi connectivity index (χ1n) is 12.2. The van der Waals surface area contributed by atoms with Crippen LogP contribution in [0.5, 0.6) is 11.5 Å². The Morgan fingerprint density at radius 1 is 1.00 bits per heavy atom. The molecule has 2 aromatic carbocycles. The second kappa shape index (κ2) is 12.5. The highest BCUT2D eigenvalue weighted by molar-refractivity contribution is 8.18. The van der Waals surface area contributed by atoms with Gasteiger partial charge in [0.15, 0.2) is 18.1 Å². The third-order valence-electron chi connectivity index (χ3n) is 6.06. The lowest BCUT2D eigenvalue weighted by molar-refractivity contribution is -0.145. The number of para-hydroxylation sites is 1. The molecule has 0 N–H and O–H groups in total. The maximum absolute atomic E-state index is 13.0. The summed E-state index contributed by atoms with van der Waals surface area (Å²) in [5, 5.41) is -0.496. The summed E-state index contributed by atoms with van der Waals surface area (Å²) >= 11 is 0.777. The third-order valence-corrected chi connectivity index (χ3v) is 6.96. The monoisotopic (exact) mass is 539 g/mol. The highest BCUT2D eigenvalue weighted by Crippen LogP contribution is 2.34. The second-order valence-corrected chi connectivity index (χ2v) is 9.47. The Kier molecular flexibility index (Phi) is 8.90. The van der Waals surface area contributed by atoms with Crippen LogP contribution in [0, 0.1) is 0 Å². The molecule has 3 amide bonds. The third kappa shape index (κ3) is 6.46. The summed E-state index contributed by atoms with van der Waals surface area (Å²) in [6, 6.07) is 14.9. The van der Waals surface area contributed by atoms with Crippen LogP contribution in [-0.2, 0) is 19.1 Å². The molecule has 0 unspecified atom stereocenters. The number of carbonyl (C=O) groups excluding carboxylic acids is 4. The van der Waals surface area contributed by atoms with E-state index < -0.39 is 17.1 Å². The van der Waals surface area contributed by atoms with Gasteiger partial charge in [-0.1, -0.05) is 24.3 Å². The van der Waals surface area contributed by atoms with Crippen LogP contribution < -0.4 is 14.4 Å². The number of carbonyl (C=O) groups is 4. The molecule has 4 rings (SSSR count). The number of thioether (sulfide) groups is 1. The first-order valence-corrected chi connectivity index (χ1v) is 13.0. The maximum atomic E-state index is 13.0. The number of nitrogens with zero attached hydrogens (tertiary/aromatic N) is 3. The van der Waals surface area contributed by atoms with E-state index in [9.17, 15) is 19.2 Å². The summed E-state index contributed by atoms with van der Waals surface area (Å²) in [6.45, 7) is 3.72. The summed E-state index contributed by atoms with van der Waals surface area (Å²) in [7, 11) is 1.47. The molecule has 0 aliphatic carbocycles. The number of hydrogen-bond acceptors (Lipinski definition) is 9. The Morgan fingerprint density at radius 3 is 2.42 bits per heavy atom. The van der Waals surface area contributed by atoms with Crippen molar-refractivity contribution < 1.29 is 33.4 Å². The van der Waals surface area contributed by atoms with E-state index in [0.29, 0.717) is 43.2 Å². The summed E-state index contributed by atoms with van der Waals surface area (Å²) in [6.07, 6.45) is 1.55. The number of benzene rings is 2. The van der Waals surface area contributed by atoms with Gasteiger partial charge in [-0.3, -0.25) is 19.3 Å². The largest absolute Gasteiger partial charge is 0.493 e. The molecule has 11 heteroatoms. The molecule has 0 radical (unpaired) electrons. The van der Waals surface area contributed by atoms with E-state index in [2.05, 4.69) is 4.90 Å². The van der Waals surface area contributed by atoms with Gasteiger partial charge in [-0.15, -0.1) is 0 Å². The number of piperazine rings is 1. The molecule has 2 aromatic rings.